The van der Waals surface area contributed by atoms with Crippen molar-refractivity contribution in [1.82, 2.24) is 14.9 Å². The van der Waals surface area contributed by atoms with Gasteiger partial charge in [0.25, 0.3) is 0 Å². The molecule has 0 saturated carbocycles. The Balaban J connectivity index is 0.000000480. The molecule has 276 valence electrons. The van der Waals surface area contributed by atoms with E-state index >= 15 is 0 Å². The van der Waals surface area contributed by atoms with E-state index in [0.717, 1.165) is 39.2 Å². The maximum atomic E-state index is 12.9. The van der Waals surface area contributed by atoms with Gasteiger partial charge in [-0.2, -0.15) is 0 Å². The number of thiophene rings is 2. The van der Waals surface area contributed by atoms with Gasteiger partial charge >= 0.3 is 56.6 Å². The van der Waals surface area contributed by atoms with Gasteiger partial charge in [0.15, 0.2) is 0 Å². The second kappa shape index (κ2) is 22.8. The third-order valence-electron chi connectivity index (χ3n) is 6.45. The van der Waals surface area contributed by atoms with Crippen molar-refractivity contribution < 1.29 is 27.0 Å². The molecule has 0 saturated heterocycles. The van der Waals surface area contributed by atoms with Crippen LogP contribution in [0.15, 0.2) is 41.8 Å². The number of hydrogen-bond donors (Lipinski definition) is 3. The molecular formula is C29H44Br2I5N6O3S3-. The SMILES string of the molecule is CC(C)(C)OC(=O)N1CCN=C1C[C@](C)(N[S@](=O)C(C)(C)C)c1cc(Br)cs1.C[C@](N)(CC1=NCCN1)c1cc(Br)cs1.II.I[I-]I. The molecule has 2 aliphatic rings. The zero-order valence-corrected chi connectivity index (χ0v) is 44.5. The third kappa shape index (κ3) is 17.3. The molecule has 0 bridgehead atoms. The Labute approximate surface area is 366 Å². The van der Waals surface area contributed by atoms with Crippen LogP contribution in [0, 0.1) is 0 Å². The van der Waals surface area contributed by atoms with Gasteiger partial charge in [-0.1, -0.05) is 0 Å². The summed E-state index contributed by atoms with van der Waals surface area (Å²) in [5, 5.41) is 7.31. The predicted octanol–water partition coefficient (Wildman–Crippen LogP) is 7.44. The summed E-state index contributed by atoms with van der Waals surface area (Å²) in [6, 6.07) is 4.10. The monoisotopic (exact) mass is 1410 g/mol. The molecule has 3 atom stereocenters. The van der Waals surface area contributed by atoms with Gasteiger partial charge in [0.1, 0.15) is 11.4 Å². The van der Waals surface area contributed by atoms with Crippen molar-refractivity contribution in [3.05, 3.63) is 41.6 Å². The number of amidine groups is 2. The quantitative estimate of drug-likeness (QED) is 0.238. The van der Waals surface area contributed by atoms with E-state index in [2.05, 4.69) is 138 Å². The molecule has 48 heavy (non-hydrogen) atoms. The van der Waals surface area contributed by atoms with Crippen LogP contribution in [0.25, 0.3) is 0 Å². The average molecular weight is 1420 g/mol. The predicted molar refractivity (Wildman–Crippen MR) is 245 cm³/mol. The van der Waals surface area contributed by atoms with Crippen molar-refractivity contribution in [2.24, 2.45) is 15.7 Å². The number of nitrogens with zero attached hydrogens (tertiary/aromatic N) is 3. The minimum atomic E-state index is -1.28. The molecule has 2 aromatic heterocycles. The molecule has 4 heterocycles. The first kappa shape index (κ1) is 48.5. The van der Waals surface area contributed by atoms with E-state index in [-0.39, 0.29) is 5.54 Å². The molecule has 0 aromatic carbocycles. The zero-order chi connectivity index (χ0) is 36.9. The Morgan fingerprint density at radius 2 is 1.56 bits per heavy atom. The number of rotatable bonds is 8. The Morgan fingerprint density at radius 1 is 1.02 bits per heavy atom. The molecule has 0 fully saturated rings. The summed E-state index contributed by atoms with van der Waals surface area (Å²) in [6.45, 7) is 18.2. The van der Waals surface area contributed by atoms with Crippen molar-refractivity contribution in [3.8, 4) is 0 Å². The summed E-state index contributed by atoms with van der Waals surface area (Å²) in [4.78, 5) is 25.3. The summed E-state index contributed by atoms with van der Waals surface area (Å²) in [5.41, 5.74) is 4.76. The number of ether oxygens (including phenoxy) is 1. The molecule has 0 aliphatic carbocycles. The van der Waals surface area contributed by atoms with Crippen molar-refractivity contribution in [1.29, 1.82) is 0 Å². The van der Waals surface area contributed by atoms with Crippen molar-refractivity contribution in [2.75, 3.05) is 26.2 Å². The summed E-state index contributed by atoms with van der Waals surface area (Å²) in [6.07, 6.45) is 0.816. The van der Waals surface area contributed by atoms with E-state index < -0.39 is 33.0 Å². The standard InChI is InChI=1S/C19H30BrN3O3S2.C10H14BrN3S.I3.I2/c1-17(2,3)26-16(24)23-9-8-21-15(23)11-19(7,14-10-13(20)12-27-14)22-28(25)18(4,5)6;1-10(12,5-9-13-2-3-14-9)8-4-7(11)6-15-8;1-3-2;1-2/h10,12,22H,8-9,11H2,1-7H3;4,6H,2-3,5,12H2,1H3,(H,13,14);;/q;;-1;/t19-,28+;10-;;/m00../s1. The van der Waals surface area contributed by atoms with Gasteiger partial charge in [0, 0.05) is 86.1 Å². The first-order valence-corrected chi connectivity index (χ1v) is 37.9. The third-order valence-corrected chi connectivity index (χ3v) is 12.1. The molecule has 2 aliphatic heterocycles. The normalized spacial score (nSPS) is 17.5. The first-order chi connectivity index (χ1) is 22.2. The molecule has 0 spiro atoms. The number of amides is 1. The second-order valence-corrected chi connectivity index (χ2v) is 34.9. The summed E-state index contributed by atoms with van der Waals surface area (Å²) in [5.74, 6) is 1.68. The van der Waals surface area contributed by atoms with Crippen LogP contribution in [-0.4, -0.2) is 63.4 Å². The van der Waals surface area contributed by atoms with Gasteiger partial charge in [0.2, 0.25) is 0 Å². The molecule has 0 radical (unpaired) electrons. The van der Waals surface area contributed by atoms with E-state index in [1.54, 1.807) is 27.6 Å². The number of hydrogen-bond acceptors (Lipinski definition) is 9. The van der Waals surface area contributed by atoms with Gasteiger partial charge in [0.05, 0.1) is 52.3 Å². The second-order valence-electron chi connectivity index (χ2n) is 13.1. The molecule has 4 N–H and O–H groups in total. The van der Waals surface area contributed by atoms with Gasteiger partial charge in [-0.05, 0) is 99.4 Å². The van der Waals surface area contributed by atoms with E-state index in [4.69, 9.17) is 10.5 Å². The molecule has 9 nitrogen and oxygen atoms in total. The Kier molecular flexibility index (Phi) is 23.0. The fourth-order valence-corrected chi connectivity index (χ4v) is 8.23. The number of nitrogens with two attached hydrogens (primary N) is 1. The number of carbonyl (C=O) groups is 1. The summed E-state index contributed by atoms with van der Waals surface area (Å²) < 4.78 is 23.4. The number of nitrogens with one attached hydrogen (secondary N) is 2. The number of aliphatic imine (C=N–C) groups is 2. The number of halogens is 7. The van der Waals surface area contributed by atoms with Crippen molar-refractivity contribution in [3.63, 3.8) is 0 Å². The Hall–Kier alpha value is 2.49. The molecule has 1 amide bonds. The Morgan fingerprint density at radius 3 is 2.00 bits per heavy atom. The first-order valence-electron chi connectivity index (χ1n) is 14.5. The van der Waals surface area contributed by atoms with Crippen LogP contribution in [-0.2, 0) is 26.8 Å². The van der Waals surface area contributed by atoms with Crippen LogP contribution < -0.4 is 29.0 Å². The fourth-order valence-electron chi connectivity index (χ4n) is 4.22. The van der Waals surface area contributed by atoms with Crippen molar-refractivity contribution >= 4 is 158 Å². The number of carbonyl (C=O) groups excluding carboxylic acids is 1. The molecule has 19 heteroatoms. The molecule has 2 aromatic rings. The summed E-state index contributed by atoms with van der Waals surface area (Å²) in [7, 11) is -1.28. The van der Waals surface area contributed by atoms with Gasteiger partial charge in [-0.3, -0.25) is 14.9 Å². The topological polar surface area (TPSA) is 121 Å². The molecule has 4 rings (SSSR count). The van der Waals surface area contributed by atoms with E-state index in [0.29, 0.717) is 38.6 Å². The van der Waals surface area contributed by atoms with E-state index in [9.17, 15) is 9.00 Å². The Bertz CT molecular complexity index is 1400. The van der Waals surface area contributed by atoms with Crippen LogP contribution in [0.1, 0.15) is 78.0 Å². The molecule has 0 unspecified atom stereocenters. The van der Waals surface area contributed by atoms with Gasteiger partial charge < -0.3 is 15.8 Å². The van der Waals surface area contributed by atoms with Crippen LogP contribution in [0.3, 0.4) is 0 Å². The van der Waals surface area contributed by atoms with Crippen molar-refractivity contribution in [2.45, 2.75) is 89.7 Å². The van der Waals surface area contributed by atoms with E-state index in [1.165, 1.54) is 4.88 Å². The van der Waals surface area contributed by atoms with Crippen LogP contribution >= 0.6 is 129 Å². The summed E-state index contributed by atoms with van der Waals surface area (Å²) >= 11 is 19.8. The van der Waals surface area contributed by atoms with Gasteiger partial charge in [-0.25, -0.2) is 13.7 Å². The average Bonchev–Trinajstić information content (AvgIpc) is 3.78. The zero-order valence-electron chi connectivity index (χ0n) is 28.1. The van der Waals surface area contributed by atoms with E-state index in [1.807, 2.05) is 66.8 Å². The fraction of sp³-hybridized carbons (Fsp3) is 0.621. The van der Waals surface area contributed by atoms with Crippen LogP contribution in [0.2, 0.25) is 0 Å². The van der Waals surface area contributed by atoms with Crippen LogP contribution in [0.4, 0.5) is 4.79 Å². The molecular weight excluding hydrogens is 1370 g/mol. The van der Waals surface area contributed by atoms with Crippen LogP contribution in [0.5, 0.6) is 0 Å². The van der Waals surface area contributed by atoms with Gasteiger partial charge in [-0.15, -0.1) is 22.7 Å². The minimum absolute atomic E-state index is 0.327. The maximum absolute atomic E-state index is 12.9.